The van der Waals surface area contributed by atoms with Gasteiger partial charge in [0.25, 0.3) is 0 Å². The van der Waals surface area contributed by atoms with E-state index in [9.17, 15) is 0 Å². The van der Waals surface area contributed by atoms with Crippen LogP contribution in [0, 0.1) is 0 Å². The molecule has 0 unspecified atom stereocenters. The number of hydrogen-bond acceptors (Lipinski definition) is 6. The number of rotatable bonds is 4. The molecule has 4 aromatic rings. The molecule has 1 aliphatic rings. The van der Waals surface area contributed by atoms with Crippen LogP contribution in [-0.4, -0.2) is 42.3 Å². The summed E-state index contributed by atoms with van der Waals surface area (Å²) in [6.07, 6.45) is 2.08. The van der Waals surface area contributed by atoms with Gasteiger partial charge in [-0.3, -0.25) is 0 Å². The predicted octanol–water partition coefficient (Wildman–Crippen LogP) is 4.09. The average molecular weight is 403 g/mol. The smallest absolute Gasteiger partial charge is 0.227 e. The van der Waals surface area contributed by atoms with Gasteiger partial charge in [-0.25, -0.2) is 4.98 Å². The van der Waals surface area contributed by atoms with Crippen molar-refractivity contribution in [3.05, 3.63) is 48.2 Å². The number of para-hydroxylation sites is 1. The van der Waals surface area contributed by atoms with E-state index in [1.54, 1.807) is 14.2 Å². The van der Waals surface area contributed by atoms with Crippen molar-refractivity contribution >= 4 is 33.6 Å². The quantitative estimate of drug-likeness (QED) is 0.533. The first-order valence-corrected chi connectivity index (χ1v) is 10.2. The number of fused-ring (bicyclic) bond motifs is 2. The summed E-state index contributed by atoms with van der Waals surface area (Å²) in [5, 5.41) is 2.04. The second kappa shape index (κ2) is 7.40. The standard InChI is InChI=1S/C23H25N5O2/c1-29-20-12-16-19(13-21(20)30-2)26-23(27-22(16)24)28-9-7-14(8-10-28)18-11-15-5-3-4-6-17(15)25-18/h3-6,11-14,25H,7-10H2,1-2H3,(H2,24,26,27). The first-order valence-electron chi connectivity index (χ1n) is 10.2. The van der Waals surface area contributed by atoms with Gasteiger partial charge in [-0.2, -0.15) is 4.98 Å². The summed E-state index contributed by atoms with van der Waals surface area (Å²) < 4.78 is 10.8. The van der Waals surface area contributed by atoms with Crippen molar-refractivity contribution in [3.8, 4) is 11.5 Å². The maximum atomic E-state index is 6.26. The molecule has 0 amide bonds. The predicted molar refractivity (Wildman–Crippen MR) is 120 cm³/mol. The highest BCUT2D eigenvalue weighted by Gasteiger charge is 2.24. The number of hydrogen-bond donors (Lipinski definition) is 2. The van der Waals surface area contributed by atoms with Gasteiger partial charge >= 0.3 is 0 Å². The number of aromatic nitrogens is 3. The van der Waals surface area contributed by atoms with Gasteiger partial charge in [0.05, 0.1) is 19.7 Å². The third-order valence-corrected chi connectivity index (χ3v) is 5.99. The molecular formula is C23H25N5O2. The van der Waals surface area contributed by atoms with Gasteiger partial charge in [-0.15, -0.1) is 0 Å². The van der Waals surface area contributed by atoms with Crippen LogP contribution in [0.25, 0.3) is 21.8 Å². The lowest BCUT2D eigenvalue weighted by molar-refractivity contribution is 0.356. The van der Waals surface area contributed by atoms with E-state index in [1.807, 2.05) is 12.1 Å². The van der Waals surface area contributed by atoms with Gasteiger partial charge in [0.15, 0.2) is 11.5 Å². The fourth-order valence-corrected chi connectivity index (χ4v) is 4.31. The number of aromatic amines is 1. The van der Waals surface area contributed by atoms with Crippen LogP contribution in [0.2, 0.25) is 0 Å². The second-order valence-electron chi connectivity index (χ2n) is 7.71. The molecule has 1 saturated heterocycles. The Labute approximate surface area is 174 Å². The lowest BCUT2D eigenvalue weighted by Crippen LogP contribution is -2.34. The summed E-state index contributed by atoms with van der Waals surface area (Å²) in [6, 6.07) is 14.4. The number of ether oxygens (including phenoxy) is 2. The van der Waals surface area contributed by atoms with Crippen molar-refractivity contribution < 1.29 is 9.47 Å². The zero-order valence-corrected chi connectivity index (χ0v) is 17.2. The molecule has 7 heteroatoms. The molecule has 2 aromatic carbocycles. The number of nitrogens with zero attached hydrogens (tertiary/aromatic N) is 3. The van der Waals surface area contributed by atoms with E-state index in [0.29, 0.717) is 29.2 Å². The van der Waals surface area contributed by atoms with Crippen LogP contribution < -0.4 is 20.1 Å². The fourth-order valence-electron chi connectivity index (χ4n) is 4.31. The number of piperidine rings is 1. The van der Waals surface area contributed by atoms with Crippen molar-refractivity contribution in [2.24, 2.45) is 0 Å². The molecule has 30 heavy (non-hydrogen) atoms. The van der Waals surface area contributed by atoms with Gasteiger partial charge in [0, 0.05) is 41.7 Å². The third kappa shape index (κ3) is 3.16. The minimum atomic E-state index is 0.452. The van der Waals surface area contributed by atoms with Crippen molar-refractivity contribution in [2.75, 3.05) is 37.9 Å². The highest BCUT2D eigenvalue weighted by Crippen LogP contribution is 2.35. The van der Waals surface area contributed by atoms with Crippen molar-refractivity contribution in [2.45, 2.75) is 18.8 Å². The number of anilines is 2. The molecule has 2 aromatic heterocycles. The molecule has 0 bridgehead atoms. The van der Waals surface area contributed by atoms with Crippen LogP contribution in [0.3, 0.4) is 0 Å². The molecule has 7 nitrogen and oxygen atoms in total. The lowest BCUT2D eigenvalue weighted by Gasteiger charge is -2.31. The number of benzene rings is 2. The summed E-state index contributed by atoms with van der Waals surface area (Å²) in [5.41, 5.74) is 9.53. The molecule has 0 atom stereocenters. The lowest BCUT2D eigenvalue weighted by atomic mass is 9.94. The van der Waals surface area contributed by atoms with Crippen LogP contribution in [-0.2, 0) is 0 Å². The normalized spacial score (nSPS) is 15.1. The highest BCUT2D eigenvalue weighted by molar-refractivity contribution is 5.91. The molecular weight excluding hydrogens is 378 g/mol. The molecule has 3 N–H and O–H groups in total. The van der Waals surface area contributed by atoms with Gasteiger partial charge in [-0.05, 0) is 36.4 Å². The minimum Gasteiger partial charge on any atom is -0.493 e. The summed E-state index contributed by atoms with van der Waals surface area (Å²) in [4.78, 5) is 15.1. The number of methoxy groups -OCH3 is 2. The highest BCUT2D eigenvalue weighted by atomic mass is 16.5. The Bertz CT molecular complexity index is 1180. The van der Waals surface area contributed by atoms with Crippen molar-refractivity contribution in [3.63, 3.8) is 0 Å². The zero-order valence-electron chi connectivity index (χ0n) is 17.2. The molecule has 1 aliphatic heterocycles. The monoisotopic (exact) mass is 403 g/mol. The van der Waals surface area contributed by atoms with Crippen LogP contribution in [0.1, 0.15) is 24.5 Å². The van der Waals surface area contributed by atoms with Gasteiger partial charge in [0.2, 0.25) is 5.95 Å². The maximum Gasteiger partial charge on any atom is 0.227 e. The Morgan fingerprint density at radius 3 is 2.47 bits per heavy atom. The Hall–Kier alpha value is -3.48. The SMILES string of the molecule is COc1cc2nc(N3CCC(c4cc5ccccc5[nH]4)CC3)nc(N)c2cc1OC. The van der Waals surface area contributed by atoms with E-state index in [0.717, 1.165) is 36.8 Å². The van der Waals surface area contributed by atoms with E-state index in [1.165, 1.54) is 16.6 Å². The van der Waals surface area contributed by atoms with Crippen LogP contribution in [0.15, 0.2) is 42.5 Å². The molecule has 0 spiro atoms. The Morgan fingerprint density at radius 2 is 1.73 bits per heavy atom. The van der Waals surface area contributed by atoms with Crippen LogP contribution >= 0.6 is 0 Å². The van der Waals surface area contributed by atoms with E-state index >= 15 is 0 Å². The summed E-state index contributed by atoms with van der Waals surface area (Å²) in [7, 11) is 3.22. The first-order chi connectivity index (χ1) is 14.7. The van der Waals surface area contributed by atoms with E-state index in [2.05, 4.69) is 45.2 Å². The van der Waals surface area contributed by atoms with E-state index in [-0.39, 0.29) is 0 Å². The van der Waals surface area contributed by atoms with E-state index in [4.69, 9.17) is 20.2 Å². The largest absolute Gasteiger partial charge is 0.493 e. The van der Waals surface area contributed by atoms with Crippen molar-refractivity contribution in [1.82, 2.24) is 15.0 Å². The topological polar surface area (TPSA) is 89.3 Å². The van der Waals surface area contributed by atoms with Crippen LogP contribution in [0.5, 0.6) is 11.5 Å². The summed E-state index contributed by atoms with van der Waals surface area (Å²) >= 11 is 0. The molecule has 0 aliphatic carbocycles. The number of nitrogen functional groups attached to an aromatic ring is 1. The van der Waals surface area contributed by atoms with Gasteiger partial charge in [-0.1, -0.05) is 18.2 Å². The van der Waals surface area contributed by atoms with Gasteiger partial charge < -0.3 is 25.1 Å². The molecule has 1 fully saturated rings. The zero-order chi connectivity index (χ0) is 20.7. The second-order valence-corrected chi connectivity index (χ2v) is 7.71. The summed E-state index contributed by atoms with van der Waals surface area (Å²) in [5.74, 6) is 2.88. The Balaban J connectivity index is 1.38. The van der Waals surface area contributed by atoms with Gasteiger partial charge in [0.1, 0.15) is 5.82 Å². The first kappa shape index (κ1) is 18.5. The van der Waals surface area contributed by atoms with E-state index < -0.39 is 0 Å². The minimum absolute atomic E-state index is 0.452. The third-order valence-electron chi connectivity index (χ3n) is 5.99. The molecule has 0 radical (unpaired) electrons. The number of nitrogens with two attached hydrogens (primary N) is 1. The molecule has 3 heterocycles. The average Bonchev–Trinajstić information content (AvgIpc) is 3.22. The summed E-state index contributed by atoms with van der Waals surface area (Å²) in [6.45, 7) is 1.77. The Kier molecular flexibility index (Phi) is 4.58. The number of H-pyrrole nitrogens is 1. The molecule has 5 rings (SSSR count). The molecule has 0 saturated carbocycles. The fraction of sp³-hybridized carbons (Fsp3) is 0.304. The Morgan fingerprint density at radius 1 is 1.00 bits per heavy atom. The van der Waals surface area contributed by atoms with Crippen molar-refractivity contribution in [1.29, 1.82) is 0 Å². The van der Waals surface area contributed by atoms with Crippen LogP contribution in [0.4, 0.5) is 11.8 Å². The molecule has 154 valence electrons. The maximum absolute atomic E-state index is 6.26. The number of nitrogens with one attached hydrogen (secondary N) is 1.